The van der Waals surface area contributed by atoms with Crippen molar-refractivity contribution < 1.29 is 83.4 Å². The number of phenols is 1. The minimum absolute atomic E-state index is 0.0827. The van der Waals surface area contributed by atoms with E-state index in [9.17, 15) is 78.3 Å². The van der Waals surface area contributed by atoms with Gasteiger partial charge in [0, 0.05) is 37.9 Å². The SMILES string of the molecule is NCCCC[C@H](NC(=O)[C@H](Cc1ccc(O)cc1)NC(=O)[C@@H](N)CCC(=O)O)C(=O)N[C@@H](CO)C(=O)N[C@@H](CS)C(=O)N[C@@H](CCC(=O)O)C(=O)N[C@@H](CCC(=O)O)C(=O)N[C@@H](Cc1ccccc1)C(=O)O. The van der Waals surface area contributed by atoms with Crippen molar-refractivity contribution >= 4 is 77.9 Å². The Labute approximate surface area is 418 Å². The fraction of sp³-hybridized carbons (Fsp3) is 0.489. The van der Waals surface area contributed by atoms with Crippen LogP contribution in [0.15, 0.2) is 54.6 Å². The van der Waals surface area contributed by atoms with E-state index in [1.165, 1.54) is 24.3 Å². The number of aromatic hydroxyl groups is 1. The van der Waals surface area contributed by atoms with Crippen molar-refractivity contribution in [2.75, 3.05) is 18.9 Å². The first-order valence-corrected chi connectivity index (χ1v) is 23.2. The number of unbranched alkanes of at least 4 members (excludes halogenated alkanes) is 1. The van der Waals surface area contributed by atoms with Gasteiger partial charge in [-0.05, 0) is 68.3 Å². The molecule has 2 rings (SSSR count). The zero-order valence-electron chi connectivity index (χ0n) is 39.0. The van der Waals surface area contributed by atoms with E-state index in [0.717, 1.165) is 0 Å². The van der Waals surface area contributed by atoms with Crippen molar-refractivity contribution in [1.82, 2.24) is 37.2 Å². The van der Waals surface area contributed by atoms with Crippen LogP contribution in [0, 0.1) is 0 Å². The van der Waals surface area contributed by atoms with E-state index in [1.54, 1.807) is 30.3 Å². The molecule has 0 aliphatic heterocycles. The number of nitrogens with two attached hydrogens (primary N) is 2. The van der Waals surface area contributed by atoms with Crippen LogP contribution < -0.4 is 48.7 Å². The van der Waals surface area contributed by atoms with Gasteiger partial charge in [-0.2, -0.15) is 12.6 Å². The molecule has 0 fully saturated rings. The first kappa shape index (κ1) is 60.8. The van der Waals surface area contributed by atoms with Gasteiger partial charge in [0.2, 0.25) is 41.4 Å². The summed E-state index contributed by atoms with van der Waals surface area (Å²) in [4.78, 5) is 141. The lowest BCUT2D eigenvalue weighted by Crippen LogP contribution is -2.61. The molecule has 0 saturated carbocycles. The quantitative estimate of drug-likeness (QED) is 0.0240. The smallest absolute Gasteiger partial charge is 0.326 e. The third kappa shape index (κ3) is 22.6. The molecule has 17 N–H and O–H groups in total. The molecule has 27 heteroatoms. The lowest BCUT2D eigenvalue weighted by atomic mass is 10.0. The number of nitrogens with one attached hydrogen (secondary N) is 7. The molecule has 0 saturated heterocycles. The maximum absolute atomic E-state index is 13.8. The molecule has 72 heavy (non-hydrogen) atoms. The summed E-state index contributed by atoms with van der Waals surface area (Å²) in [6.45, 7) is -0.889. The number of phenolic OH excluding ortho intramolecular Hbond substituents is 1. The van der Waals surface area contributed by atoms with Crippen LogP contribution in [0.1, 0.15) is 68.9 Å². The maximum Gasteiger partial charge on any atom is 0.326 e. The standard InChI is InChI=1S/C45H63N9O17S/c46-19-5-4-8-28(48-42(67)31(20-25-9-11-26(56)12-10-25)51-38(63)27(47)13-16-35(57)58)39(64)53-33(22-55)43(68)54-34(23-72)44(69)50-29(14-17-36(59)60)40(65)49-30(15-18-37(61)62)41(66)52-32(45(70)71)21-24-6-2-1-3-7-24/h1-3,6-7,9-12,27-34,55-56,72H,4-5,8,13-23,46-47H2,(H,48,67)(H,49,65)(H,50,69)(H,51,63)(H,52,66)(H,53,64)(H,54,68)(H,57,58)(H,59,60)(H,61,62)(H,70,71)/t27-,28-,29-,30-,31-,32-,33-,34-/m0/s1. The van der Waals surface area contributed by atoms with Gasteiger partial charge in [-0.25, -0.2) is 4.79 Å². The molecule has 0 aromatic heterocycles. The first-order valence-electron chi connectivity index (χ1n) is 22.6. The molecule has 0 aliphatic rings. The molecular formula is C45H63N9O17S. The summed E-state index contributed by atoms with van der Waals surface area (Å²) in [5.74, 6) is -13.5. The van der Waals surface area contributed by atoms with Gasteiger partial charge in [-0.1, -0.05) is 42.5 Å². The predicted octanol–water partition coefficient (Wildman–Crippen LogP) is -3.37. The number of amides is 7. The van der Waals surface area contributed by atoms with Crippen LogP contribution >= 0.6 is 12.6 Å². The molecule has 0 radical (unpaired) electrons. The van der Waals surface area contributed by atoms with E-state index in [0.29, 0.717) is 17.5 Å². The topological polar surface area (TPSA) is 445 Å². The number of hydrogen-bond acceptors (Lipinski definition) is 16. The molecule has 0 unspecified atom stereocenters. The number of aliphatic hydroxyl groups excluding tert-OH is 1. The Kier molecular flexibility index (Phi) is 26.8. The summed E-state index contributed by atoms with van der Waals surface area (Å²) < 4.78 is 0. The number of carbonyl (C=O) groups is 11. The minimum Gasteiger partial charge on any atom is -0.508 e. The predicted molar refractivity (Wildman–Crippen MR) is 256 cm³/mol. The van der Waals surface area contributed by atoms with Gasteiger partial charge in [-0.15, -0.1) is 0 Å². The van der Waals surface area contributed by atoms with E-state index in [4.69, 9.17) is 16.6 Å². The molecule has 396 valence electrons. The van der Waals surface area contributed by atoms with Gasteiger partial charge >= 0.3 is 23.9 Å². The second kappa shape index (κ2) is 31.8. The number of carboxylic acids is 4. The van der Waals surface area contributed by atoms with Crippen LogP contribution in [-0.2, 0) is 65.6 Å². The van der Waals surface area contributed by atoms with Crippen molar-refractivity contribution in [2.45, 2.75) is 119 Å². The van der Waals surface area contributed by atoms with Gasteiger partial charge in [0.15, 0.2) is 0 Å². The average Bonchev–Trinajstić information content (AvgIpc) is 3.33. The number of benzene rings is 2. The number of thiol groups is 1. The van der Waals surface area contributed by atoms with Crippen LogP contribution in [0.25, 0.3) is 0 Å². The van der Waals surface area contributed by atoms with Crippen molar-refractivity contribution in [1.29, 1.82) is 0 Å². The largest absolute Gasteiger partial charge is 0.508 e. The summed E-state index contributed by atoms with van der Waals surface area (Å²) in [6, 6.07) is 1.06. The molecule has 0 bridgehead atoms. The summed E-state index contributed by atoms with van der Waals surface area (Å²) in [5, 5.41) is 73.8. The Morgan fingerprint density at radius 1 is 0.472 bits per heavy atom. The number of carbonyl (C=O) groups excluding carboxylic acids is 7. The Morgan fingerprint density at radius 3 is 1.33 bits per heavy atom. The lowest BCUT2D eigenvalue weighted by molar-refractivity contribution is -0.143. The zero-order valence-corrected chi connectivity index (χ0v) is 39.9. The minimum atomic E-state index is -1.81. The molecule has 0 aliphatic carbocycles. The molecule has 8 atom stereocenters. The van der Waals surface area contributed by atoms with E-state index < -0.39 is 158 Å². The second-order valence-electron chi connectivity index (χ2n) is 16.4. The molecule has 26 nitrogen and oxygen atoms in total. The highest BCUT2D eigenvalue weighted by Gasteiger charge is 2.34. The zero-order chi connectivity index (χ0) is 53.9. The number of rotatable bonds is 34. The van der Waals surface area contributed by atoms with E-state index in [1.807, 2.05) is 0 Å². The van der Waals surface area contributed by atoms with Crippen LogP contribution in [-0.4, -0.2) is 163 Å². The number of aliphatic carboxylic acids is 4. The Morgan fingerprint density at radius 2 is 0.861 bits per heavy atom. The number of carboxylic acid groups (broad SMARTS) is 4. The Balaban J connectivity index is 2.29. The highest BCUT2D eigenvalue weighted by molar-refractivity contribution is 7.80. The summed E-state index contributed by atoms with van der Waals surface area (Å²) >= 11 is 4.09. The van der Waals surface area contributed by atoms with Crippen LogP contribution in [0.4, 0.5) is 0 Å². The summed E-state index contributed by atoms with van der Waals surface area (Å²) in [7, 11) is 0. The average molecular weight is 1030 g/mol. The lowest BCUT2D eigenvalue weighted by Gasteiger charge is -2.27. The van der Waals surface area contributed by atoms with Crippen molar-refractivity contribution in [2.24, 2.45) is 11.5 Å². The van der Waals surface area contributed by atoms with E-state index in [2.05, 4.69) is 49.8 Å². The molecule has 0 heterocycles. The van der Waals surface area contributed by atoms with Crippen LogP contribution in [0.3, 0.4) is 0 Å². The second-order valence-corrected chi connectivity index (χ2v) is 16.7. The first-order chi connectivity index (χ1) is 34.1. The molecule has 2 aromatic carbocycles. The Hall–Kier alpha value is -7.36. The monoisotopic (exact) mass is 1030 g/mol. The molecule has 2 aromatic rings. The van der Waals surface area contributed by atoms with Gasteiger partial charge in [0.05, 0.1) is 12.6 Å². The van der Waals surface area contributed by atoms with Gasteiger partial charge in [-0.3, -0.25) is 47.9 Å². The van der Waals surface area contributed by atoms with Crippen molar-refractivity contribution in [3.63, 3.8) is 0 Å². The van der Waals surface area contributed by atoms with Gasteiger partial charge in [0.25, 0.3) is 0 Å². The fourth-order valence-corrected chi connectivity index (χ4v) is 6.93. The third-order valence-corrected chi connectivity index (χ3v) is 11.0. The van der Waals surface area contributed by atoms with Crippen molar-refractivity contribution in [3.8, 4) is 5.75 Å². The van der Waals surface area contributed by atoms with Crippen LogP contribution in [0.5, 0.6) is 5.75 Å². The fourth-order valence-electron chi connectivity index (χ4n) is 6.67. The molecular weight excluding hydrogens is 971 g/mol. The number of aliphatic hydroxyl groups is 1. The summed E-state index contributed by atoms with van der Waals surface area (Å²) in [6.07, 6.45) is -3.17. The highest BCUT2D eigenvalue weighted by atomic mass is 32.1. The van der Waals surface area contributed by atoms with E-state index >= 15 is 0 Å². The summed E-state index contributed by atoms with van der Waals surface area (Å²) in [5.41, 5.74) is 12.5. The number of hydrogen-bond donors (Lipinski definition) is 16. The van der Waals surface area contributed by atoms with Gasteiger partial charge < -0.3 is 79.3 Å². The van der Waals surface area contributed by atoms with E-state index in [-0.39, 0.29) is 44.4 Å². The third-order valence-electron chi connectivity index (χ3n) is 10.7. The van der Waals surface area contributed by atoms with Crippen molar-refractivity contribution in [3.05, 3.63) is 65.7 Å². The maximum atomic E-state index is 13.8. The molecule has 7 amide bonds. The normalized spacial score (nSPS) is 14.2. The van der Waals surface area contributed by atoms with Gasteiger partial charge in [0.1, 0.15) is 48.0 Å². The highest BCUT2D eigenvalue weighted by Crippen LogP contribution is 2.13. The molecule has 0 spiro atoms. The Bertz CT molecular complexity index is 2190. The van der Waals surface area contributed by atoms with Crippen LogP contribution in [0.2, 0.25) is 0 Å².